The summed E-state index contributed by atoms with van der Waals surface area (Å²) in [5.41, 5.74) is 1.43. The Morgan fingerprint density at radius 2 is 1.84 bits per heavy atom. The summed E-state index contributed by atoms with van der Waals surface area (Å²) >= 11 is 6.28. The average Bonchev–Trinajstić information content (AvgIpc) is 3.07. The van der Waals surface area contributed by atoms with Gasteiger partial charge in [0.15, 0.2) is 5.82 Å². The number of aromatic nitrogens is 3. The van der Waals surface area contributed by atoms with Gasteiger partial charge in [0.1, 0.15) is 11.4 Å². The second-order valence-corrected chi connectivity index (χ2v) is 9.86. The van der Waals surface area contributed by atoms with Gasteiger partial charge in [-0.15, -0.1) is 10.2 Å². The van der Waals surface area contributed by atoms with E-state index < -0.39 is 5.60 Å². The summed E-state index contributed by atoms with van der Waals surface area (Å²) in [6, 6.07) is 5.75. The number of nitrogens with zero attached hydrogens (tertiary/aromatic N) is 5. The van der Waals surface area contributed by atoms with E-state index in [9.17, 15) is 9.59 Å². The van der Waals surface area contributed by atoms with Crippen LogP contribution in [0.5, 0.6) is 0 Å². The van der Waals surface area contributed by atoms with Gasteiger partial charge in [-0.3, -0.25) is 9.36 Å². The fourth-order valence-electron chi connectivity index (χ4n) is 4.34. The third-order valence-corrected chi connectivity index (χ3v) is 6.13. The molecule has 0 radical (unpaired) electrons. The van der Waals surface area contributed by atoms with Crippen LogP contribution in [0.3, 0.4) is 0 Å². The van der Waals surface area contributed by atoms with Gasteiger partial charge in [0.25, 0.3) is 0 Å². The standard InChI is InChI=1S/C23H30ClN5O3/c1-5-20(30)28-13-16-12-17(24)6-7-18(16)29-19(14-28)25-26-21(29)15-8-10-27(11-9-15)22(31)32-23(2,3)4/h6-7,12,15H,5,8-11,13-14H2,1-4H3. The van der Waals surface area contributed by atoms with Crippen molar-refractivity contribution in [1.82, 2.24) is 24.6 Å². The molecule has 0 bridgehead atoms. The van der Waals surface area contributed by atoms with Gasteiger partial charge in [0.05, 0.1) is 12.2 Å². The minimum absolute atomic E-state index is 0.0691. The number of carbonyl (C=O) groups is 2. The number of ether oxygens (including phenoxy) is 1. The summed E-state index contributed by atoms with van der Waals surface area (Å²) in [6.45, 7) is 9.59. The molecule has 1 saturated heterocycles. The van der Waals surface area contributed by atoms with Crippen LogP contribution >= 0.6 is 11.6 Å². The molecule has 172 valence electrons. The van der Waals surface area contributed by atoms with E-state index in [4.69, 9.17) is 16.3 Å². The van der Waals surface area contributed by atoms with Gasteiger partial charge in [0, 0.05) is 37.0 Å². The minimum Gasteiger partial charge on any atom is -0.444 e. The predicted molar refractivity (Wildman–Crippen MR) is 121 cm³/mol. The fraction of sp³-hybridized carbons (Fsp3) is 0.565. The van der Waals surface area contributed by atoms with Gasteiger partial charge in [-0.25, -0.2) is 4.79 Å². The van der Waals surface area contributed by atoms with Crippen molar-refractivity contribution in [2.24, 2.45) is 0 Å². The lowest BCUT2D eigenvalue weighted by atomic mass is 9.96. The maximum Gasteiger partial charge on any atom is 0.410 e. The van der Waals surface area contributed by atoms with Crippen LogP contribution in [-0.4, -0.2) is 55.3 Å². The third kappa shape index (κ3) is 4.60. The molecule has 0 atom stereocenters. The Labute approximate surface area is 193 Å². The van der Waals surface area contributed by atoms with Crippen molar-refractivity contribution in [2.75, 3.05) is 13.1 Å². The van der Waals surface area contributed by atoms with Gasteiger partial charge >= 0.3 is 6.09 Å². The van der Waals surface area contributed by atoms with Crippen LogP contribution < -0.4 is 0 Å². The van der Waals surface area contributed by atoms with Crippen molar-refractivity contribution in [3.63, 3.8) is 0 Å². The molecule has 8 nitrogen and oxygen atoms in total. The smallest absolute Gasteiger partial charge is 0.410 e. The van der Waals surface area contributed by atoms with E-state index in [-0.39, 0.29) is 17.9 Å². The number of fused-ring (bicyclic) bond motifs is 3. The lowest BCUT2D eigenvalue weighted by molar-refractivity contribution is -0.132. The second-order valence-electron chi connectivity index (χ2n) is 9.43. The molecular formula is C23H30ClN5O3. The first kappa shape index (κ1) is 22.6. The molecule has 1 aromatic heterocycles. The number of carbonyl (C=O) groups excluding carboxylic acids is 2. The summed E-state index contributed by atoms with van der Waals surface area (Å²) < 4.78 is 7.60. The maximum absolute atomic E-state index is 12.5. The van der Waals surface area contributed by atoms with Crippen LogP contribution in [-0.2, 0) is 22.6 Å². The molecule has 0 N–H and O–H groups in total. The molecule has 4 rings (SSSR count). The number of amides is 2. The third-order valence-electron chi connectivity index (χ3n) is 5.90. The Morgan fingerprint density at radius 1 is 1.12 bits per heavy atom. The van der Waals surface area contributed by atoms with Crippen molar-refractivity contribution in [2.45, 2.75) is 71.6 Å². The van der Waals surface area contributed by atoms with Crippen LogP contribution in [0.4, 0.5) is 4.79 Å². The number of halogens is 1. The topological polar surface area (TPSA) is 80.6 Å². The summed E-state index contributed by atoms with van der Waals surface area (Å²) in [6.07, 6.45) is 1.71. The first-order valence-corrected chi connectivity index (χ1v) is 11.5. The van der Waals surface area contributed by atoms with E-state index in [1.807, 2.05) is 45.9 Å². The highest BCUT2D eigenvalue weighted by molar-refractivity contribution is 6.30. The van der Waals surface area contributed by atoms with Crippen LogP contribution in [0.2, 0.25) is 5.02 Å². The molecule has 0 saturated carbocycles. The SMILES string of the molecule is CCC(=O)N1Cc2cc(Cl)ccc2-n2c(nnc2C2CCN(C(=O)OC(C)(C)C)CC2)C1. The molecule has 9 heteroatoms. The van der Waals surface area contributed by atoms with Crippen LogP contribution in [0, 0.1) is 0 Å². The number of benzene rings is 1. The number of hydrogen-bond acceptors (Lipinski definition) is 5. The number of likely N-dealkylation sites (tertiary alicyclic amines) is 1. The summed E-state index contributed by atoms with van der Waals surface area (Å²) in [4.78, 5) is 28.5. The molecule has 2 aromatic rings. The molecule has 1 aromatic carbocycles. The van der Waals surface area contributed by atoms with E-state index in [1.165, 1.54) is 0 Å². The van der Waals surface area contributed by atoms with Crippen molar-refractivity contribution in [1.29, 1.82) is 0 Å². The molecule has 0 spiro atoms. The highest BCUT2D eigenvalue weighted by Crippen LogP contribution is 2.34. The van der Waals surface area contributed by atoms with Crippen molar-refractivity contribution in [3.8, 4) is 5.69 Å². The monoisotopic (exact) mass is 459 g/mol. The highest BCUT2D eigenvalue weighted by atomic mass is 35.5. The molecule has 0 aliphatic carbocycles. The first-order chi connectivity index (χ1) is 15.2. The lowest BCUT2D eigenvalue weighted by Crippen LogP contribution is -2.41. The van der Waals surface area contributed by atoms with Crippen molar-refractivity contribution < 1.29 is 14.3 Å². The molecule has 1 fully saturated rings. The lowest BCUT2D eigenvalue weighted by Gasteiger charge is -2.33. The van der Waals surface area contributed by atoms with Gasteiger partial charge in [-0.2, -0.15) is 0 Å². The zero-order valence-electron chi connectivity index (χ0n) is 19.1. The zero-order valence-corrected chi connectivity index (χ0v) is 19.9. The van der Waals surface area contributed by atoms with Gasteiger partial charge in [0.2, 0.25) is 5.91 Å². The fourth-order valence-corrected chi connectivity index (χ4v) is 4.53. The Kier molecular flexibility index (Phi) is 6.16. The number of hydrogen-bond donors (Lipinski definition) is 0. The largest absolute Gasteiger partial charge is 0.444 e. The van der Waals surface area contributed by atoms with E-state index in [1.54, 1.807) is 9.80 Å². The van der Waals surface area contributed by atoms with E-state index >= 15 is 0 Å². The number of rotatable bonds is 2. The summed E-state index contributed by atoms with van der Waals surface area (Å²) in [7, 11) is 0. The Morgan fingerprint density at radius 3 is 2.50 bits per heavy atom. The molecule has 2 amide bonds. The molecule has 32 heavy (non-hydrogen) atoms. The second kappa shape index (κ2) is 8.73. The van der Waals surface area contributed by atoms with Crippen LogP contribution in [0.1, 0.15) is 70.1 Å². The quantitative estimate of drug-likeness (QED) is 0.669. The maximum atomic E-state index is 12.5. The molecule has 3 heterocycles. The normalized spacial score (nSPS) is 16.9. The number of piperidine rings is 1. The van der Waals surface area contributed by atoms with Crippen LogP contribution in [0.15, 0.2) is 18.2 Å². The Bertz CT molecular complexity index is 1020. The minimum atomic E-state index is -0.509. The predicted octanol–water partition coefficient (Wildman–Crippen LogP) is 4.29. The Hall–Kier alpha value is -2.61. The van der Waals surface area contributed by atoms with Gasteiger partial charge in [-0.1, -0.05) is 18.5 Å². The molecular weight excluding hydrogens is 430 g/mol. The Balaban J connectivity index is 1.61. The first-order valence-electron chi connectivity index (χ1n) is 11.1. The van der Waals surface area contributed by atoms with E-state index in [0.29, 0.717) is 37.6 Å². The molecule has 2 aliphatic rings. The summed E-state index contributed by atoms with van der Waals surface area (Å²) in [5.74, 6) is 1.85. The highest BCUT2D eigenvalue weighted by Gasteiger charge is 2.33. The molecule has 0 unspecified atom stereocenters. The van der Waals surface area contributed by atoms with Crippen molar-refractivity contribution >= 4 is 23.6 Å². The van der Waals surface area contributed by atoms with Crippen LogP contribution in [0.25, 0.3) is 5.69 Å². The van der Waals surface area contributed by atoms with E-state index in [0.717, 1.165) is 35.7 Å². The summed E-state index contributed by atoms with van der Waals surface area (Å²) in [5, 5.41) is 9.64. The van der Waals surface area contributed by atoms with Gasteiger partial charge in [-0.05, 0) is 57.4 Å². The van der Waals surface area contributed by atoms with Gasteiger partial charge < -0.3 is 14.5 Å². The van der Waals surface area contributed by atoms with E-state index in [2.05, 4.69) is 14.8 Å². The molecule has 2 aliphatic heterocycles. The zero-order chi connectivity index (χ0) is 23.0. The van der Waals surface area contributed by atoms with Crippen molar-refractivity contribution in [3.05, 3.63) is 40.4 Å². The average molecular weight is 460 g/mol.